The first kappa shape index (κ1) is 33.9. The monoisotopic (exact) mass is 643 g/mol. The molecule has 1 spiro atoms. The molecule has 2 aliphatic heterocycles. The van der Waals surface area contributed by atoms with Gasteiger partial charge in [0.15, 0.2) is 0 Å². The minimum Gasteiger partial charge on any atom is -0.497 e. The molecule has 3 aromatic rings. The van der Waals surface area contributed by atoms with Crippen LogP contribution in [-0.2, 0) is 38.8 Å². The molecule has 0 aromatic heterocycles. The predicted molar refractivity (Wildman–Crippen MR) is 177 cm³/mol. The average molecular weight is 644 g/mol. The number of methoxy groups -OCH3 is 1. The Hall–Kier alpha value is -4.41. The Balaban J connectivity index is 1.37. The van der Waals surface area contributed by atoms with Crippen LogP contribution >= 0.6 is 0 Å². The molecule has 0 radical (unpaired) electrons. The fraction of sp³-hybridized carbons (Fsp3) is 0.432. The van der Waals surface area contributed by atoms with Crippen LogP contribution < -0.4 is 10.1 Å². The zero-order chi connectivity index (χ0) is 33.8. The summed E-state index contributed by atoms with van der Waals surface area (Å²) in [5.74, 6) is -0.0321. The molecule has 2 amide bonds. The second-order valence-electron chi connectivity index (χ2n) is 13.5. The second-order valence-corrected chi connectivity index (χ2v) is 13.5. The average Bonchev–Trinajstić information content (AvgIpc) is 3.47. The maximum Gasteiger partial charge on any atom is 0.408 e. The van der Waals surface area contributed by atoms with Crippen LogP contribution in [0.4, 0.5) is 4.79 Å². The van der Waals surface area contributed by atoms with Gasteiger partial charge in [0.2, 0.25) is 0 Å². The molecule has 0 aliphatic carbocycles. The fourth-order valence-electron chi connectivity index (χ4n) is 7.07. The van der Waals surface area contributed by atoms with Crippen molar-refractivity contribution in [2.75, 3.05) is 13.7 Å². The van der Waals surface area contributed by atoms with Crippen molar-refractivity contribution in [3.8, 4) is 5.75 Å². The van der Waals surface area contributed by atoms with Crippen molar-refractivity contribution in [2.24, 2.45) is 5.41 Å². The normalized spacial score (nSPS) is 22.1. The summed E-state index contributed by atoms with van der Waals surface area (Å²) < 4.78 is 17.2. The zero-order valence-corrected chi connectivity index (χ0v) is 27.7. The third-order valence-corrected chi connectivity index (χ3v) is 9.12. The molecule has 0 bridgehead atoms. The molecule has 10 nitrogen and oxygen atoms in total. The lowest BCUT2D eigenvalue weighted by Crippen LogP contribution is -2.81. The van der Waals surface area contributed by atoms with E-state index in [2.05, 4.69) is 5.32 Å². The molecule has 47 heavy (non-hydrogen) atoms. The van der Waals surface area contributed by atoms with Gasteiger partial charge in [0.1, 0.15) is 23.9 Å². The molecule has 2 saturated heterocycles. The number of hydrogen-bond acceptors (Lipinski definition) is 7. The van der Waals surface area contributed by atoms with Gasteiger partial charge < -0.3 is 24.2 Å². The first-order valence-electron chi connectivity index (χ1n) is 16.0. The number of ether oxygens (including phenoxy) is 3. The van der Waals surface area contributed by atoms with E-state index in [0.717, 1.165) is 16.7 Å². The molecule has 5 unspecified atom stereocenters. The minimum absolute atomic E-state index is 0.0396. The number of carboxylic acid groups (broad SMARTS) is 1. The van der Waals surface area contributed by atoms with E-state index in [1.165, 1.54) is 4.90 Å². The summed E-state index contributed by atoms with van der Waals surface area (Å²) in [6, 6.07) is 24.8. The second kappa shape index (κ2) is 14.1. The highest BCUT2D eigenvalue weighted by Gasteiger charge is 2.71. The van der Waals surface area contributed by atoms with E-state index < -0.39 is 47.2 Å². The van der Waals surface area contributed by atoms with Crippen molar-refractivity contribution in [3.63, 3.8) is 0 Å². The highest BCUT2D eigenvalue weighted by Crippen LogP contribution is 2.51. The SMILES string of the molecule is COc1ccc(CN2C(=O)C3(CC(NC(C(=O)OCc4ccccc4)C(C)OCc4ccccc4)CN3C(=O)O)C2C(C)(C)C)cc1. The summed E-state index contributed by atoms with van der Waals surface area (Å²) in [4.78, 5) is 43.6. The summed E-state index contributed by atoms with van der Waals surface area (Å²) in [7, 11) is 1.60. The van der Waals surface area contributed by atoms with E-state index in [-0.39, 0.29) is 32.1 Å². The largest absolute Gasteiger partial charge is 0.497 e. The lowest BCUT2D eigenvalue weighted by molar-refractivity contribution is -0.183. The molecule has 5 atom stereocenters. The van der Waals surface area contributed by atoms with Crippen LogP contribution in [0.2, 0.25) is 0 Å². The molecule has 2 aliphatic rings. The van der Waals surface area contributed by atoms with E-state index in [9.17, 15) is 19.5 Å². The molecular weight excluding hydrogens is 598 g/mol. The quantitative estimate of drug-likeness (QED) is 0.203. The Labute approximate surface area is 276 Å². The first-order valence-corrected chi connectivity index (χ1v) is 16.0. The molecule has 2 heterocycles. The number of likely N-dealkylation sites (tertiary alicyclic amines) is 2. The number of rotatable bonds is 12. The van der Waals surface area contributed by atoms with Crippen LogP contribution in [0.3, 0.4) is 0 Å². The summed E-state index contributed by atoms with van der Waals surface area (Å²) in [5, 5.41) is 13.8. The zero-order valence-electron chi connectivity index (χ0n) is 27.7. The van der Waals surface area contributed by atoms with Gasteiger partial charge in [-0.2, -0.15) is 0 Å². The van der Waals surface area contributed by atoms with Gasteiger partial charge in [0.05, 0.1) is 25.9 Å². The van der Waals surface area contributed by atoms with Crippen LogP contribution in [0.1, 0.15) is 50.8 Å². The van der Waals surface area contributed by atoms with Crippen LogP contribution in [0, 0.1) is 5.41 Å². The lowest BCUT2D eigenvalue weighted by atomic mass is 9.64. The molecule has 5 rings (SSSR count). The summed E-state index contributed by atoms with van der Waals surface area (Å²) in [6.07, 6.45) is -1.57. The number of nitrogens with zero attached hydrogens (tertiary/aromatic N) is 2. The summed E-state index contributed by atoms with van der Waals surface area (Å²) in [6.45, 7) is 8.63. The van der Waals surface area contributed by atoms with Crippen molar-refractivity contribution in [1.82, 2.24) is 15.1 Å². The van der Waals surface area contributed by atoms with Crippen LogP contribution in [-0.4, -0.2) is 76.3 Å². The van der Waals surface area contributed by atoms with E-state index in [1.807, 2.05) is 106 Å². The van der Waals surface area contributed by atoms with Crippen molar-refractivity contribution in [1.29, 1.82) is 0 Å². The van der Waals surface area contributed by atoms with Gasteiger partial charge in [0.25, 0.3) is 5.91 Å². The van der Waals surface area contributed by atoms with Gasteiger partial charge in [-0.25, -0.2) is 4.79 Å². The van der Waals surface area contributed by atoms with Crippen molar-refractivity contribution in [2.45, 2.75) is 83.6 Å². The Bertz CT molecular complexity index is 1530. The lowest BCUT2D eigenvalue weighted by Gasteiger charge is -2.61. The summed E-state index contributed by atoms with van der Waals surface area (Å²) in [5.41, 5.74) is 1.00. The van der Waals surface area contributed by atoms with Gasteiger partial charge in [-0.1, -0.05) is 93.6 Å². The number of benzene rings is 3. The maximum atomic E-state index is 14.2. The Morgan fingerprint density at radius 1 is 0.936 bits per heavy atom. The molecule has 2 N–H and O–H groups in total. The standard InChI is InChI=1S/C37H45N3O7/c1-25(46-23-27-12-8-6-9-13-27)31(32(41)47-24-28-14-10-7-11-15-28)38-29-20-37(40(22-29)35(43)44)33(36(2,3)4)39(34(37)42)21-26-16-18-30(45-5)19-17-26/h6-19,25,29,31,33,38H,20-24H2,1-5H3,(H,43,44). The maximum absolute atomic E-state index is 14.2. The van der Waals surface area contributed by atoms with E-state index in [4.69, 9.17) is 14.2 Å². The number of amides is 2. The third kappa shape index (κ3) is 7.29. The fourth-order valence-corrected chi connectivity index (χ4v) is 7.07. The third-order valence-electron chi connectivity index (χ3n) is 9.12. The molecule has 0 saturated carbocycles. The smallest absolute Gasteiger partial charge is 0.408 e. The molecule has 3 aromatic carbocycles. The number of esters is 1. The van der Waals surface area contributed by atoms with Crippen LogP contribution in [0.15, 0.2) is 84.9 Å². The number of carbonyl (C=O) groups is 3. The Morgan fingerprint density at radius 3 is 2.09 bits per heavy atom. The van der Waals surface area contributed by atoms with E-state index in [0.29, 0.717) is 12.3 Å². The highest BCUT2D eigenvalue weighted by molar-refractivity contribution is 5.98. The molecular formula is C37H45N3O7. The number of carbonyl (C=O) groups excluding carboxylic acids is 2. The topological polar surface area (TPSA) is 118 Å². The van der Waals surface area contributed by atoms with Crippen LogP contribution in [0.5, 0.6) is 5.75 Å². The van der Waals surface area contributed by atoms with Gasteiger partial charge >= 0.3 is 12.1 Å². The predicted octanol–water partition coefficient (Wildman–Crippen LogP) is 5.25. The van der Waals surface area contributed by atoms with E-state index in [1.54, 1.807) is 18.9 Å². The molecule has 250 valence electrons. The van der Waals surface area contributed by atoms with Crippen molar-refractivity contribution in [3.05, 3.63) is 102 Å². The number of nitrogens with one attached hydrogen (secondary N) is 1. The minimum atomic E-state index is -1.28. The van der Waals surface area contributed by atoms with Gasteiger partial charge in [-0.3, -0.25) is 19.8 Å². The van der Waals surface area contributed by atoms with Gasteiger partial charge in [-0.15, -0.1) is 0 Å². The van der Waals surface area contributed by atoms with Gasteiger partial charge in [0, 0.05) is 19.1 Å². The molecule has 2 fully saturated rings. The Morgan fingerprint density at radius 2 is 1.53 bits per heavy atom. The van der Waals surface area contributed by atoms with E-state index >= 15 is 0 Å². The Kier molecular flexibility index (Phi) is 10.2. The van der Waals surface area contributed by atoms with Gasteiger partial charge in [-0.05, 0) is 47.6 Å². The van der Waals surface area contributed by atoms with Crippen molar-refractivity contribution < 1.29 is 33.7 Å². The highest BCUT2D eigenvalue weighted by atomic mass is 16.5. The molecule has 10 heteroatoms. The summed E-state index contributed by atoms with van der Waals surface area (Å²) >= 11 is 0. The van der Waals surface area contributed by atoms with Crippen molar-refractivity contribution >= 4 is 18.0 Å². The number of β-lactam (4-membered cyclic amide) rings is 1. The first-order chi connectivity index (χ1) is 22.4. The number of hydrogen-bond donors (Lipinski definition) is 2. The van der Waals surface area contributed by atoms with Crippen LogP contribution in [0.25, 0.3) is 0 Å².